The van der Waals surface area contributed by atoms with Gasteiger partial charge in [0.25, 0.3) is 5.69 Å². The highest BCUT2D eigenvalue weighted by molar-refractivity contribution is 7.13. The molecule has 0 aliphatic heterocycles. The molecule has 0 unspecified atom stereocenters. The summed E-state index contributed by atoms with van der Waals surface area (Å²) in [5.41, 5.74) is 4.83. The number of benzene rings is 3. The molecule has 5 heteroatoms. The first-order chi connectivity index (χ1) is 12.7. The quantitative estimate of drug-likeness (QED) is 0.329. The summed E-state index contributed by atoms with van der Waals surface area (Å²) in [7, 11) is 0. The number of nitro groups is 1. The second-order valence-electron chi connectivity index (χ2n) is 5.79. The van der Waals surface area contributed by atoms with Crippen LogP contribution in [-0.4, -0.2) is 9.91 Å². The van der Waals surface area contributed by atoms with Gasteiger partial charge in [-0.25, -0.2) is 4.98 Å². The minimum absolute atomic E-state index is 0.0907. The maximum absolute atomic E-state index is 11.0. The van der Waals surface area contributed by atoms with Crippen LogP contribution >= 0.6 is 11.3 Å². The van der Waals surface area contributed by atoms with Gasteiger partial charge >= 0.3 is 0 Å². The van der Waals surface area contributed by atoms with E-state index in [0.717, 1.165) is 33.0 Å². The highest BCUT2D eigenvalue weighted by Crippen LogP contribution is 2.31. The summed E-state index contributed by atoms with van der Waals surface area (Å²) >= 11 is 1.61. The molecule has 0 amide bonds. The molecule has 4 nitrogen and oxygen atoms in total. The number of hydrogen-bond acceptors (Lipinski definition) is 4. The average molecular weight is 358 g/mol. The summed E-state index contributed by atoms with van der Waals surface area (Å²) < 4.78 is 0. The van der Waals surface area contributed by atoms with Crippen molar-refractivity contribution in [2.24, 2.45) is 0 Å². The maximum Gasteiger partial charge on any atom is 0.270 e. The molecule has 0 radical (unpaired) electrons. The summed E-state index contributed by atoms with van der Waals surface area (Å²) in [5.74, 6) is 0. The lowest BCUT2D eigenvalue weighted by Crippen LogP contribution is -1.88. The lowest BCUT2D eigenvalue weighted by molar-refractivity contribution is -0.384. The van der Waals surface area contributed by atoms with Gasteiger partial charge in [-0.3, -0.25) is 10.1 Å². The molecule has 1 aromatic heterocycles. The Labute approximate surface area is 154 Å². The van der Waals surface area contributed by atoms with Crippen molar-refractivity contribution in [2.45, 2.75) is 0 Å². The van der Waals surface area contributed by atoms with E-state index in [1.807, 2.05) is 66.0 Å². The van der Waals surface area contributed by atoms with E-state index in [0.29, 0.717) is 0 Å². The van der Waals surface area contributed by atoms with Crippen LogP contribution < -0.4 is 0 Å². The van der Waals surface area contributed by atoms with Crippen molar-refractivity contribution in [3.63, 3.8) is 0 Å². The van der Waals surface area contributed by atoms with Crippen molar-refractivity contribution in [2.75, 3.05) is 0 Å². The first-order valence-electron chi connectivity index (χ1n) is 8.07. The highest BCUT2D eigenvalue weighted by atomic mass is 32.1. The van der Waals surface area contributed by atoms with Gasteiger partial charge in [-0.15, -0.1) is 11.3 Å². The van der Waals surface area contributed by atoms with Gasteiger partial charge in [0, 0.05) is 28.6 Å². The van der Waals surface area contributed by atoms with Crippen molar-refractivity contribution in [3.05, 3.63) is 94.4 Å². The fourth-order valence-corrected chi connectivity index (χ4v) is 3.61. The molecule has 4 rings (SSSR count). The second-order valence-corrected chi connectivity index (χ2v) is 6.65. The van der Waals surface area contributed by atoms with Crippen LogP contribution in [0.1, 0.15) is 0 Å². The zero-order chi connectivity index (χ0) is 17.9. The highest BCUT2D eigenvalue weighted by Gasteiger charge is 2.10. The van der Waals surface area contributed by atoms with Gasteiger partial charge < -0.3 is 0 Å². The number of nitro benzene ring substituents is 1. The number of nitrogens with zero attached hydrogens (tertiary/aromatic N) is 2. The smallest absolute Gasteiger partial charge is 0.258 e. The van der Waals surface area contributed by atoms with Crippen LogP contribution in [-0.2, 0) is 0 Å². The van der Waals surface area contributed by atoms with Gasteiger partial charge in [0.15, 0.2) is 0 Å². The number of rotatable bonds is 4. The summed E-state index contributed by atoms with van der Waals surface area (Å²) in [5, 5.41) is 14.0. The molecule has 0 N–H and O–H groups in total. The third kappa shape index (κ3) is 3.25. The van der Waals surface area contributed by atoms with Crippen molar-refractivity contribution in [1.29, 1.82) is 0 Å². The Kier molecular flexibility index (Phi) is 4.29. The van der Waals surface area contributed by atoms with Crippen LogP contribution in [0.15, 0.2) is 84.2 Å². The Balaban J connectivity index is 1.70. The number of non-ortho nitro benzene ring substituents is 1. The van der Waals surface area contributed by atoms with Gasteiger partial charge in [-0.1, -0.05) is 60.7 Å². The van der Waals surface area contributed by atoms with Crippen molar-refractivity contribution >= 4 is 17.0 Å². The number of hydrogen-bond donors (Lipinski definition) is 0. The lowest BCUT2D eigenvalue weighted by Gasteiger charge is -2.04. The Morgan fingerprint density at radius 2 is 1.42 bits per heavy atom. The van der Waals surface area contributed by atoms with E-state index >= 15 is 0 Å². The third-order valence-electron chi connectivity index (χ3n) is 4.07. The molecule has 0 saturated carbocycles. The Bertz CT molecular complexity index is 1070. The van der Waals surface area contributed by atoms with E-state index in [1.54, 1.807) is 23.5 Å². The van der Waals surface area contributed by atoms with Crippen LogP contribution in [0.3, 0.4) is 0 Å². The average Bonchev–Trinajstić information content (AvgIpc) is 3.19. The van der Waals surface area contributed by atoms with Gasteiger partial charge in [-0.2, -0.15) is 0 Å². The van der Waals surface area contributed by atoms with Crippen LogP contribution in [0.5, 0.6) is 0 Å². The minimum atomic E-state index is -0.375. The van der Waals surface area contributed by atoms with Crippen LogP contribution in [0.2, 0.25) is 0 Å². The Morgan fingerprint density at radius 3 is 2.19 bits per heavy atom. The van der Waals surface area contributed by atoms with Crippen LogP contribution in [0.4, 0.5) is 5.69 Å². The van der Waals surface area contributed by atoms with Gasteiger partial charge in [-0.05, 0) is 17.2 Å². The number of aromatic nitrogens is 1. The standard InChI is InChI=1S/C21H14N2O2S/c24-23(25)19-11-5-9-17(13-19)16-8-4-10-18(12-16)20-14-26-21(22-20)15-6-2-1-3-7-15/h1-14H. The molecule has 0 aliphatic rings. The van der Waals surface area contributed by atoms with Crippen LogP contribution in [0.25, 0.3) is 33.0 Å². The SMILES string of the molecule is O=[N+]([O-])c1cccc(-c2cccc(-c3csc(-c4ccccc4)n3)c2)c1. The van der Waals surface area contributed by atoms with E-state index in [-0.39, 0.29) is 10.6 Å². The molecule has 0 atom stereocenters. The summed E-state index contributed by atoms with van der Waals surface area (Å²) in [6, 6.07) is 24.7. The Hall–Kier alpha value is -3.31. The molecular weight excluding hydrogens is 344 g/mol. The molecule has 0 spiro atoms. The largest absolute Gasteiger partial charge is 0.270 e. The van der Waals surface area contributed by atoms with E-state index in [9.17, 15) is 10.1 Å². The van der Waals surface area contributed by atoms with Gasteiger partial charge in [0.1, 0.15) is 5.01 Å². The zero-order valence-corrected chi connectivity index (χ0v) is 14.5. The first kappa shape index (κ1) is 16.2. The fourth-order valence-electron chi connectivity index (χ4n) is 2.78. The van der Waals surface area contributed by atoms with Crippen molar-refractivity contribution in [3.8, 4) is 33.0 Å². The van der Waals surface area contributed by atoms with Crippen molar-refractivity contribution < 1.29 is 4.92 Å². The fraction of sp³-hybridized carbons (Fsp3) is 0. The third-order valence-corrected chi connectivity index (χ3v) is 4.96. The molecule has 3 aromatic carbocycles. The lowest BCUT2D eigenvalue weighted by atomic mass is 10.0. The van der Waals surface area contributed by atoms with Crippen LogP contribution in [0, 0.1) is 10.1 Å². The maximum atomic E-state index is 11.0. The molecule has 0 fully saturated rings. The predicted octanol–water partition coefficient (Wildman–Crippen LogP) is 6.05. The molecule has 1 heterocycles. The topological polar surface area (TPSA) is 56.0 Å². The minimum Gasteiger partial charge on any atom is -0.258 e. The summed E-state index contributed by atoms with van der Waals surface area (Å²) in [4.78, 5) is 15.4. The molecule has 0 saturated heterocycles. The first-order valence-corrected chi connectivity index (χ1v) is 8.95. The molecule has 0 bridgehead atoms. The zero-order valence-electron chi connectivity index (χ0n) is 13.7. The predicted molar refractivity (Wildman–Crippen MR) is 105 cm³/mol. The summed E-state index contributed by atoms with van der Waals surface area (Å²) in [6.45, 7) is 0. The van der Waals surface area contributed by atoms with Crippen molar-refractivity contribution in [1.82, 2.24) is 4.98 Å². The van der Waals surface area contributed by atoms with E-state index in [2.05, 4.69) is 0 Å². The second kappa shape index (κ2) is 6.90. The summed E-state index contributed by atoms with van der Waals surface area (Å²) in [6.07, 6.45) is 0. The number of thiazole rings is 1. The molecule has 126 valence electrons. The van der Waals surface area contributed by atoms with Gasteiger partial charge in [0.2, 0.25) is 0 Å². The van der Waals surface area contributed by atoms with E-state index in [1.165, 1.54) is 6.07 Å². The molecule has 26 heavy (non-hydrogen) atoms. The molecule has 4 aromatic rings. The van der Waals surface area contributed by atoms with Gasteiger partial charge in [0.05, 0.1) is 10.6 Å². The monoisotopic (exact) mass is 358 g/mol. The molecule has 0 aliphatic carbocycles. The van der Waals surface area contributed by atoms with E-state index in [4.69, 9.17) is 4.98 Å². The normalized spacial score (nSPS) is 10.6. The molecular formula is C21H14N2O2S. The van der Waals surface area contributed by atoms with E-state index < -0.39 is 0 Å². The Morgan fingerprint density at radius 1 is 0.769 bits per heavy atom.